The van der Waals surface area contributed by atoms with Gasteiger partial charge < -0.3 is 10.2 Å². The van der Waals surface area contributed by atoms with Crippen molar-refractivity contribution in [3.05, 3.63) is 28.8 Å². The van der Waals surface area contributed by atoms with E-state index in [9.17, 15) is 0 Å². The van der Waals surface area contributed by atoms with E-state index in [0.717, 1.165) is 31.2 Å². The van der Waals surface area contributed by atoms with Crippen molar-refractivity contribution < 1.29 is 0 Å². The van der Waals surface area contributed by atoms with Crippen LogP contribution in [0.25, 0.3) is 0 Å². The Kier molecular flexibility index (Phi) is 5.43. The number of anilines is 1. The molecule has 1 aromatic carbocycles. The van der Waals surface area contributed by atoms with E-state index in [1.807, 2.05) is 0 Å². The predicted molar refractivity (Wildman–Crippen MR) is 87.6 cm³/mol. The first-order valence-corrected chi connectivity index (χ1v) is 8.31. The Morgan fingerprint density at radius 2 is 2.00 bits per heavy atom. The lowest BCUT2D eigenvalue weighted by atomic mass is 10.1. The quantitative estimate of drug-likeness (QED) is 0.911. The van der Waals surface area contributed by atoms with E-state index in [0.29, 0.717) is 10.5 Å². The number of thioether (sulfide) groups is 1. The fourth-order valence-electron chi connectivity index (χ4n) is 2.52. The van der Waals surface area contributed by atoms with Crippen molar-refractivity contribution in [2.45, 2.75) is 37.8 Å². The van der Waals surface area contributed by atoms with E-state index in [1.165, 1.54) is 11.3 Å². The van der Waals surface area contributed by atoms with Gasteiger partial charge in [0.05, 0.1) is 0 Å². The van der Waals surface area contributed by atoms with Crippen molar-refractivity contribution >= 4 is 29.1 Å². The molecule has 1 aromatic rings. The van der Waals surface area contributed by atoms with Gasteiger partial charge >= 0.3 is 0 Å². The van der Waals surface area contributed by atoms with Gasteiger partial charge in [0, 0.05) is 40.8 Å². The molecular formula is C15H23ClN2S. The van der Waals surface area contributed by atoms with Gasteiger partial charge in [-0.25, -0.2) is 0 Å². The maximum absolute atomic E-state index is 6.39. The summed E-state index contributed by atoms with van der Waals surface area (Å²) in [7, 11) is 0. The zero-order chi connectivity index (χ0) is 13.8. The summed E-state index contributed by atoms with van der Waals surface area (Å²) in [5.74, 6) is 0. The number of nitrogens with zero attached hydrogens (tertiary/aromatic N) is 1. The molecule has 1 aliphatic rings. The molecule has 1 fully saturated rings. The van der Waals surface area contributed by atoms with E-state index < -0.39 is 0 Å². The van der Waals surface area contributed by atoms with Crippen LogP contribution in [0, 0.1) is 0 Å². The summed E-state index contributed by atoms with van der Waals surface area (Å²) < 4.78 is 0. The summed E-state index contributed by atoms with van der Waals surface area (Å²) in [6, 6.07) is 6.47. The Labute approximate surface area is 125 Å². The minimum atomic E-state index is 0.684. The van der Waals surface area contributed by atoms with Crippen molar-refractivity contribution in [1.29, 1.82) is 0 Å². The normalized spacial score (nSPS) is 23.7. The molecule has 1 heterocycles. The molecule has 2 rings (SSSR count). The average Bonchev–Trinajstić information content (AvgIpc) is 2.36. The third kappa shape index (κ3) is 4.04. The van der Waals surface area contributed by atoms with Gasteiger partial charge in [0.15, 0.2) is 0 Å². The summed E-state index contributed by atoms with van der Waals surface area (Å²) in [5, 5.41) is 5.56. The molecule has 2 nitrogen and oxygen atoms in total. The van der Waals surface area contributed by atoms with Crippen LogP contribution in [0.2, 0.25) is 5.02 Å². The zero-order valence-electron chi connectivity index (χ0n) is 11.9. The molecule has 0 bridgehead atoms. The van der Waals surface area contributed by atoms with E-state index in [1.54, 1.807) is 0 Å². The lowest BCUT2D eigenvalue weighted by molar-refractivity contribution is 0.721. The molecule has 0 radical (unpaired) electrons. The Morgan fingerprint density at radius 3 is 2.58 bits per heavy atom. The van der Waals surface area contributed by atoms with Crippen molar-refractivity contribution in [3.63, 3.8) is 0 Å². The van der Waals surface area contributed by atoms with Gasteiger partial charge in [0.2, 0.25) is 0 Å². The maximum atomic E-state index is 6.39. The molecule has 0 spiro atoms. The van der Waals surface area contributed by atoms with E-state index >= 15 is 0 Å². The Hall–Kier alpha value is -0.380. The van der Waals surface area contributed by atoms with Gasteiger partial charge in [-0.2, -0.15) is 11.8 Å². The van der Waals surface area contributed by atoms with Crippen LogP contribution >= 0.6 is 23.4 Å². The highest BCUT2D eigenvalue weighted by Crippen LogP contribution is 2.30. The third-order valence-electron chi connectivity index (χ3n) is 3.39. The molecule has 19 heavy (non-hydrogen) atoms. The van der Waals surface area contributed by atoms with Crippen molar-refractivity contribution in [2.75, 3.05) is 24.5 Å². The summed E-state index contributed by atoms with van der Waals surface area (Å²) in [6.45, 7) is 10.7. The number of halogens is 1. The topological polar surface area (TPSA) is 15.3 Å². The lowest BCUT2D eigenvalue weighted by Crippen LogP contribution is -2.40. The molecule has 2 unspecified atom stereocenters. The smallest absolute Gasteiger partial charge is 0.0471 e. The summed E-state index contributed by atoms with van der Waals surface area (Å²) in [5.41, 5.74) is 2.43. The molecule has 106 valence electrons. The van der Waals surface area contributed by atoms with Gasteiger partial charge in [-0.05, 0) is 24.2 Å². The molecule has 4 heteroatoms. The second-order valence-corrected chi connectivity index (χ2v) is 7.51. The fourth-order valence-corrected chi connectivity index (χ4v) is 4.09. The number of hydrogen-bond acceptors (Lipinski definition) is 3. The van der Waals surface area contributed by atoms with Gasteiger partial charge in [-0.15, -0.1) is 0 Å². The van der Waals surface area contributed by atoms with Crippen LogP contribution in [0.4, 0.5) is 5.69 Å². The van der Waals surface area contributed by atoms with Gasteiger partial charge in [0.25, 0.3) is 0 Å². The largest absolute Gasteiger partial charge is 0.369 e. The van der Waals surface area contributed by atoms with Crippen LogP contribution in [-0.2, 0) is 6.54 Å². The van der Waals surface area contributed by atoms with Crippen LogP contribution < -0.4 is 10.2 Å². The maximum Gasteiger partial charge on any atom is 0.0471 e. The van der Waals surface area contributed by atoms with Gasteiger partial charge in [0.1, 0.15) is 0 Å². The van der Waals surface area contributed by atoms with E-state index in [4.69, 9.17) is 11.6 Å². The highest BCUT2D eigenvalue weighted by molar-refractivity contribution is 8.00. The number of hydrogen-bond donors (Lipinski definition) is 1. The van der Waals surface area contributed by atoms with Gasteiger partial charge in [-0.1, -0.05) is 38.4 Å². The number of nitrogens with one attached hydrogen (secondary N) is 1. The van der Waals surface area contributed by atoms with Crippen LogP contribution in [-0.4, -0.2) is 30.1 Å². The molecule has 1 aliphatic heterocycles. The zero-order valence-corrected chi connectivity index (χ0v) is 13.5. The Bertz CT molecular complexity index is 415. The SMILES string of the molecule is CCNCc1ccc(N2CC(C)SC(C)C2)cc1Cl. The van der Waals surface area contributed by atoms with Crippen LogP contribution in [0.1, 0.15) is 26.3 Å². The highest BCUT2D eigenvalue weighted by Gasteiger charge is 2.22. The molecule has 0 aromatic heterocycles. The summed E-state index contributed by atoms with van der Waals surface area (Å²) in [4.78, 5) is 2.45. The summed E-state index contributed by atoms with van der Waals surface area (Å²) in [6.07, 6.45) is 0. The molecule has 1 saturated heterocycles. The van der Waals surface area contributed by atoms with Crippen LogP contribution in [0.3, 0.4) is 0 Å². The first-order valence-electron chi connectivity index (χ1n) is 6.99. The minimum Gasteiger partial charge on any atom is -0.369 e. The first-order chi connectivity index (χ1) is 9.10. The molecular weight excluding hydrogens is 276 g/mol. The monoisotopic (exact) mass is 298 g/mol. The molecule has 0 saturated carbocycles. The number of benzene rings is 1. The Morgan fingerprint density at radius 1 is 1.32 bits per heavy atom. The lowest BCUT2D eigenvalue weighted by Gasteiger charge is -2.36. The van der Waals surface area contributed by atoms with E-state index in [-0.39, 0.29) is 0 Å². The van der Waals surface area contributed by atoms with Crippen LogP contribution in [0.5, 0.6) is 0 Å². The van der Waals surface area contributed by atoms with Crippen LogP contribution in [0.15, 0.2) is 18.2 Å². The van der Waals surface area contributed by atoms with E-state index in [2.05, 4.69) is 60.9 Å². The second-order valence-electron chi connectivity index (χ2n) is 5.22. The standard InChI is InChI=1S/C15H23ClN2S/c1-4-17-8-13-5-6-14(7-15(13)16)18-9-11(2)19-12(3)10-18/h5-7,11-12,17H,4,8-10H2,1-3H3. The van der Waals surface area contributed by atoms with Gasteiger partial charge in [-0.3, -0.25) is 0 Å². The Balaban J connectivity index is 2.10. The van der Waals surface area contributed by atoms with Crippen molar-refractivity contribution in [1.82, 2.24) is 5.32 Å². The first kappa shape index (κ1) is 15.0. The molecule has 2 atom stereocenters. The van der Waals surface area contributed by atoms with Crippen molar-refractivity contribution in [3.8, 4) is 0 Å². The van der Waals surface area contributed by atoms with Crippen molar-refractivity contribution in [2.24, 2.45) is 0 Å². The molecule has 0 amide bonds. The third-order valence-corrected chi connectivity index (χ3v) is 4.97. The second kappa shape index (κ2) is 6.87. The fraction of sp³-hybridized carbons (Fsp3) is 0.600. The molecule has 1 N–H and O–H groups in total. The average molecular weight is 299 g/mol. The summed E-state index contributed by atoms with van der Waals surface area (Å²) >= 11 is 8.46. The predicted octanol–water partition coefficient (Wildman–Crippen LogP) is 3.78. The minimum absolute atomic E-state index is 0.684. The highest BCUT2D eigenvalue weighted by atomic mass is 35.5. The number of rotatable bonds is 4. The molecule has 0 aliphatic carbocycles.